The SMILES string of the molecule is CC(Cc1ccccc1)n1c(N)nc2ccc(Cl)cc21. The minimum Gasteiger partial charge on any atom is -0.369 e. The lowest BCUT2D eigenvalue weighted by Gasteiger charge is -2.16. The highest BCUT2D eigenvalue weighted by atomic mass is 35.5. The number of fused-ring (bicyclic) bond motifs is 1. The van der Waals surface area contributed by atoms with Gasteiger partial charge in [-0.15, -0.1) is 0 Å². The topological polar surface area (TPSA) is 43.8 Å². The Hall–Kier alpha value is -2.00. The van der Waals surface area contributed by atoms with Crippen LogP contribution in [0.1, 0.15) is 18.5 Å². The molecule has 1 atom stereocenters. The zero-order chi connectivity index (χ0) is 14.1. The molecule has 4 heteroatoms. The predicted molar refractivity (Wildman–Crippen MR) is 84.0 cm³/mol. The molecule has 20 heavy (non-hydrogen) atoms. The molecule has 0 fully saturated rings. The molecule has 3 nitrogen and oxygen atoms in total. The lowest BCUT2D eigenvalue weighted by atomic mass is 10.1. The number of hydrogen-bond donors (Lipinski definition) is 1. The van der Waals surface area contributed by atoms with Crippen LogP contribution in [0.5, 0.6) is 0 Å². The zero-order valence-corrected chi connectivity index (χ0v) is 12.0. The van der Waals surface area contributed by atoms with Gasteiger partial charge >= 0.3 is 0 Å². The summed E-state index contributed by atoms with van der Waals surface area (Å²) in [6.07, 6.45) is 0.906. The minimum absolute atomic E-state index is 0.223. The van der Waals surface area contributed by atoms with Crippen molar-refractivity contribution in [2.24, 2.45) is 0 Å². The molecule has 3 aromatic rings. The highest BCUT2D eigenvalue weighted by Crippen LogP contribution is 2.27. The Morgan fingerprint density at radius 2 is 1.95 bits per heavy atom. The van der Waals surface area contributed by atoms with Crippen molar-refractivity contribution in [1.82, 2.24) is 9.55 Å². The Morgan fingerprint density at radius 3 is 2.70 bits per heavy atom. The van der Waals surface area contributed by atoms with Crippen molar-refractivity contribution in [2.45, 2.75) is 19.4 Å². The Kier molecular flexibility index (Phi) is 3.36. The molecule has 2 aromatic carbocycles. The maximum Gasteiger partial charge on any atom is 0.201 e. The smallest absolute Gasteiger partial charge is 0.201 e. The van der Waals surface area contributed by atoms with Crippen molar-refractivity contribution >= 4 is 28.6 Å². The molecule has 0 saturated carbocycles. The van der Waals surface area contributed by atoms with Crippen LogP contribution in [0.25, 0.3) is 11.0 Å². The molecule has 0 bridgehead atoms. The van der Waals surface area contributed by atoms with Crippen LogP contribution in [0.15, 0.2) is 48.5 Å². The van der Waals surface area contributed by atoms with Crippen LogP contribution in [0.2, 0.25) is 5.02 Å². The average molecular weight is 286 g/mol. The Bertz CT molecular complexity index is 734. The molecule has 2 N–H and O–H groups in total. The number of hydrogen-bond acceptors (Lipinski definition) is 2. The number of benzene rings is 2. The molecule has 0 saturated heterocycles. The maximum absolute atomic E-state index is 6.08. The van der Waals surface area contributed by atoms with E-state index in [0.717, 1.165) is 17.5 Å². The fraction of sp³-hybridized carbons (Fsp3) is 0.188. The number of nitrogens with two attached hydrogens (primary N) is 1. The molecule has 1 heterocycles. The Labute approximate surface area is 123 Å². The van der Waals surface area contributed by atoms with Crippen molar-refractivity contribution < 1.29 is 0 Å². The van der Waals surface area contributed by atoms with Crippen LogP contribution in [0.4, 0.5) is 5.95 Å². The van der Waals surface area contributed by atoms with Gasteiger partial charge in [0.1, 0.15) is 0 Å². The molecule has 0 spiro atoms. The average Bonchev–Trinajstić information content (AvgIpc) is 2.75. The van der Waals surface area contributed by atoms with Crippen molar-refractivity contribution in [3.05, 3.63) is 59.1 Å². The van der Waals surface area contributed by atoms with E-state index in [1.54, 1.807) is 0 Å². The van der Waals surface area contributed by atoms with Gasteiger partial charge in [-0.1, -0.05) is 41.9 Å². The number of aromatic nitrogens is 2. The van der Waals surface area contributed by atoms with Gasteiger partial charge in [-0.3, -0.25) is 0 Å². The summed E-state index contributed by atoms with van der Waals surface area (Å²) >= 11 is 6.08. The van der Waals surface area contributed by atoms with E-state index in [1.807, 2.05) is 41.0 Å². The third kappa shape index (κ3) is 2.37. The number of anilines is 1. The van der Waals surface area contributed by atoms with Crippen molar-refractivity contribution in [3.8, 4) is 0 Å². The first-order chi connectivity index (χ1) is 9.65. The molecule has 0 radical (unpaired) electrons. The summed E-state index contributed by atoms with van der Waals surface area (Å²) in [4.78, 5) is 4.40. The van der Waals surface area contributed by atoms with E-state index >= 15 is 0 Å². The summed E-state index contributed by atoms with van der Waals surface area (Å²) in [7, 11) is 0. The van der Waals surface area contributed by atoms with Gasteiger partial charge in [-0.25, -0.2) is 4.98 Å². The first-order valence-corrected chi connectivity index (χ1v) is 7.00. The third-order valence-corrected chi connectivity index (χ3v) is 3.73. The second-order valence-corrected chi connectivity index (χ2v) is 5.45. The molecule has 0 amide bonds. The Balaban J connectivity index is 2.00. The lowest BCUT2D eigenvalue weighted by Crippen LogP contribution is -2.11. The van der Waals surface area contributed by atoms with E-state index in [-0.39, 0.29) is 6.04 Å². The number of rotatable bonds is 3. The molecule has 0 aliphatic rings. The number of nitrogens with zero attached hydrogens (tertiary/aromatic N) is 2. The molecule has 0 aliphatic carbocycles. The maximum atomic E-state index is 6.08. The van der Waals surface area contributed by atoms with E-state index in [2.05, 4.69) is 24.0 Å². The molecular formula is C16H16ClN3. The van der Waals surface area contributed by atoms with Gasteiger partial charge < -0.3 is 10.3 Å². The van der Waals surface area contributed by atoms with E-state index < -0.39 is 0 Å². The van der Waals surface area contributed by atoms with Gasteiger partial charge in [0, 0.05) is 11.1 Å². The molecule has 1 aromatic heterocycles. The highest BCUT2D eigenvalue weighted by Gasteiger charge is 2.14. The van der Waals surface area contributed by atoms with Gasteiger partial charge in [-0.2, -0.15) is 0 Å². The lowest BCUT2D eigenvalue weighted by molar-refractivity contribution is 0.567. The normalized spacial score (nSPS) is 12.7. The summed E-state index contributed by atoms with van der Waals surface area (Å²) in [6, 6.07) is 16.2. The number of nitrogen functional groups attached to an aromatic ring is 1. The predicted octanol–water partition coefficient (Wildman–Crippen LogP) is 4.08. The highest BCUT2D eigenvalue weighted by molar-refractivity contribution is 6.31. The fourth-order valence-electron chi connectivity index (χ4n) is 2.59. The van der Waals surface area contributed by atoms with Crippen molar-refractivity contribution in [2.75, 3.05) is 5.73 Å². The van der Waals surface area contributed by atoms with Crippen molar-refractivity contribution in [1.29, 1.82) is 0 Å². The third-order valence-electron chi connectivity index (χ3n) is 3.49. The molecule has 102 valence electrons. The summed E-state index contributed by atoms with van der Waals surface area (Å²) in [5.41, 5.74) is 9.21. The van der Waals surface area contributed by atoms with Crippen LogP contribution in [0.3, 0.4) is 0 Å². The van der Waals surface area contributed by atoms with Crippen LogP contribution >= 0.6 is 11.6 Å². The number of halogens is 1. The second-order valence-electron chi connectivity index (χ2n) is 5.01. The molecule has 1 unspecified atom stereocenters. The number of imidazole rings is 1. The van der Waals surface area contributed by atoms with Gasteiger partial charge in [0.25, 0.3) is 0 Å². The summed E-state index contributed by atoms with van der Waals surface area (Å²) in [5.74, 6) is 0.533. The van der Waals surface area contributed by atoms with Crippen LogP contribution < -0.4 is 5.73 Å². The van der Waals surface area contributed by atoms with E-state index in [9.17, 15) is 0 Å². The summed E-state index contributed by atoms with van der Waals surface area (Å²) < 4.78 is 2.05. The second kappa shape index (κ2) is 5.17. The summed E-state index contributed by atoms with van der Waals surface area (Å²) in [5, 5.41) is 0.700. The molecule has 3 rings (SSSR count). The fourth-order valence-corrected chi connectivity index (χ4v) is 2.76. The zero-order valence-electron chi connectivity index (χ0n) is 11.3. The monoisotopic (exact) mass is 285 g/mol. The standard InChI is InChI=1S/C16H16ClN3/c1-11(9-12-5-3-2-4-6-12)20-15-10-13(17)7-8-14(15)19-16(20)18/h2-8,10-11H,9H2,1H3,(H2,18,19). The van der Waals surface area contributed by atoms with Gasteiger partial charge in [0.15, 0.2) is 0 Å². The van der Waals surface area contributed by atoms with Gasteiger partial charge in [0.05, 0.1) is 11.0 Å². The quantitative estimate of drug-likeness (QED) is 0.788. The molecule has 0 aliphatic heterocycles. The van der Waals surface area contributed by atoms with Crippen LogP contribution in [-0.2, 0) is 6.42 Å². The van der Waals surface area contributed by atoms with Crippen LogP contribution in [-0.4, -0.2) is 9.55 Å². The van der Waals surface area contributed by atoms with E-state index in [4.69, 9.17) is 17.3 Å². The first kappa shape index (κ1) is 13.0. The van der Waals surface area contributed by atoms with Gasteiger partial charge in [0.2, 0.25) is 5.95 Å². The summed E-state index contributed by atoms with van der Waals surface area (Å²) in [6.45, 7) is 2.14. The van der Waals surface area contributed by atoms with Crippen molar-refractivity contribution in [3.63, 3.8) is 0 Å². The van der Waals surface area contributed by atoms with Gasteiger partial charge in [-0.05, 0) is 37.1 Å². The minimum atomic E-state index is 0.223. The first-order valence-electron chi connectivity index (χ1n) is 6.62. The van der Waals surface area contributed by atoms with E-state index in [1.165, 1.54) is 5.56 Å². The Morgan fingerprint density at radius 1 is 1.20 bits per heavy atom. The molecular weight excluding hydrogens is 270 g/mol. The van der Waals surface area contributed by atoms with E-state index in [0.29, 0.717) is 11.0 Å². The van der Waals surface area contributed by atoms with Crippen LogP contribution in [0, 0.1) is 0 Å². The largest absolute Gasteiger partial charge is 0.369 e.